The summed E-state index contributed by atoms with van der Waals surface area (Å²) in [6.45, 7) is 37.1. The standard InChI is InChI=1S/C33H46O2/c1-10-19-28-30(20-11-2,21-12-3)32(24-15-6,25-16-7)33(26-17-8,27-18-9)31(22-13-4,23-14-5)29(34)35-28/h10-18,28H,1-9,19-27H2. The van der Waals surface area contributed by atoms with Gasteiger partial charge in [0.1, 0.15) is 6.10 Å². The number of esters is 1. The van der Waals surface area contributed by atoms with Crippen molar-refractivity contribution in [3.63, 3.8) is 0 Å². The fraction of sp³-hybridized carbons (Fsp3) is 0.424. The highest BCUT2D eigenvalue weighted by Gasteiger charge is 2.72. The monoisotopic (exact) mass is 474 g/mol. The average Bonchev–Trinajstić information content (AvgIpc) is 2.86. The van der Waals surface area contributed by atoms with E-state index in [-0.39, 0.29) is 5.97 Å². The van der Waals surface area contributed by atoms with Crippen molar-refractivity contribution in [2.24, 2.45) is 21.7 Å². The molecule has 0 amide bonds. The first kappa shape index (κ1) is 30.2. The minimum Gasteiger partial charge on any atom is -0.461 e. The van der Waals surface area contributed by atoms with Crippen LogP contribution >= 0.6 is 0 Å². The Kier molecular flexibility index (Phi) is 11.4. The maximum atomic E-state index is 14.4. The van der Waals surface area contributed by atoms with Gasteiger partial charge in [0.15, 0.2) is 0 Å². The van der Waals surface area contributed by atoms with Crippen LogP contribution in [0.15, 0.2) is 114 Å². The van der Waals surface area contributed by atoms with Gasteiger partial charge < -0.3 is 4.74 Å². The fourth-order valence-corrected chi connectivity index (χ4v) is 7.33. The molecule has 1 saturated heterocycles. The summed E-state index contributed by atoms with van der Waals surface area (Å²) in [5.74, 6) is -0.236. The highest BCUT2D eigenvalue weighted by molar-refractivity contribution is 5.80. The van der Waals surface area contributed by atoms with Gasteiger partial charge in [-0.25, -0.2) is 0 Å². The number of hydrogen-bond acceptors (Lipinski definition) is 2. The molecule has 1 aliphatic heterocycles. The van der Waals surface area contributed by atoms with Crippen molar-refractivity contribution in [3.8, 4) is 0 Å². The molecule has 190 valence electrons. The summed E-state index contributed by atoms with van der Waals surface area (Å²) in [6.07, 6.45) is 21.8. The van der Waals surface area contributed by atoms with Gasteiger partial charge in [-0.05, 0) is 56.8 Å². The van der Waals surface area contributed by atoms with Crippen molar-refractivity contribution in [1.82, 2.24) is 0 Å². The van der Waals surface area contributed by atoms with Crippen LogP contribution < -0.4 is 0 Å². The van der Waals surface area contributed by atoms with Gasteiger partial charge in [-0.2, -0.15) is 0 Å². The average molecular weight is 475 g/mol. The van der Waals surface area contributed by atoms with Crippen LogP contribution in [-0.4, -0.2) is 12.1 Å². The van der Waals surface area contributed by atoms with Gasteiger partial charge >= 0.3 is 5.97 Å². The largest absolute Gasteiger partial charge is 0.461 e. The van der Waals surface area contributed by atoms with Crippen molar-refractivity contribution in [2.45, 2.75) is 63.9 Å². The molecule has 1 aliphatic rings. The number of hydrogen-bond donors (Lipinski definition) is 0. The molecule has 1 rings (SSSR count). The highest BCUT2D eigenvalue weighted by atomic mass is 16.5. The normalized spacial score (nSPS) is 21.3. The number of rotatable bonds is 18. The molecular formula is C33H46O2. The predicted molar refractivity (Wildman–Crippen MR) is 153 cm³/mol. The number of carbonyl (C=O) groups is 1. The molecule has 0 bridgehead atoms. The van der Waals surface area contributed by atoms with Crippen LogP contribution in [0.4, 0.5) is 0 Å². The van der Waals surface area contributed by atoms with Gasteiger partial charge in [0, 0.05) is 17.3 Å². The van der Waals surface area contributed by atoms with E-state index in [9.17, 15) is 4.79 Å². The van der Waals surface area contributed by atoms with Crippen LogP contribution in [0.1, 0.15) is 57.8 Å². The zero-order valence-corrected chi connectivity index (χ0v) is 21.8. The second-order valence-corrected chi connectivity index (χ2v) is 9.76. The summed E-state index contributed by atoms with van der Waals surface area (Å²) in [5, 5.41) is 0. The molecule has 0 radical (unpaired) electrons. The van der Waals surface area contributed by atoms with Crippen molar-refractivity contribution < 1.29 is 9.53 Å². The molecule has 0 aromatic carbocycles. The van der Waals surface area contributed by atoms with Crippen LogP contribution in [0, 0.1) is 21.7 Å². The molecule has 0 aromatic heterocycles. The molecule has 1 unspecified atom stereocenters. The smallest absolute Gasteiger partial charge is 0.313 e. The molecule has 0 aromatic rings. The first-order valence-corrected chi connectivity index (χ1v) is 12.5. The van der Waals surface area contributed by atoms with E-state index in [4.69, 9.17) is 4.74 Å². The summed E-state index contributed by atoms with van der Waals surface area (Å²) in [4.78, 5) is 14.4. The highest BCUT2D eigenvalue weighted by Crippen LogP contribution is 2.73. The van der Waals surface area contributed by atoms with Crippen molar-refractivity contribution >= 4 is 5.97 Å². The van der Waals surface area contributed by atoms with Crippen molar-refractivity contribution in [3.05, 3.63) is 114 Å². The Morgan fingerprint density at radius 2 is 0.914 bits per heavy atom. The molecule has 1 heterocycles. The summed E-state index contributed by atoms with van der Waals surface area (Å²) < 4.78 is 6.55. The molecule has 1 fully saturated rings. The molecule has 0 N–H and O–H groups in total. The fourth-order valence-electron chi connectivity index (χ4n) is 7.33. The Morgan fingerprint density at radius 3 is 1.26 bits per heavy atom. The predicted octanol–water partition coefficient (Wildman–Crippen LogP) is 9.04. The van der Waals surface area contributed by atoms with E-state index in [1.54, 1.807) is 0 Å². The summed E-state index contributed by atoms with van der Waals surface area (Å²) >= 11 is 0. The van der Waals surface area contributed by atoms with E-state index < -0.39 is 27.8 Å². The van der Waals surface area contributed by atoms with E-state index in [1.807, 2.05) is 54.7 Å². The quantitative estimate of drug-likeness (QED) is 0.146. The first-order chi connectivity index (χ1) is 16.8. The molecule has 0 aliphatic carbocycles. The van der Waals surface area contributed by atoms with Crippen LogP contribution in [0.25, 0.3) is 0 Å². The van der Waals surface area contributed by atoms with Crippen LogP contribution in [-0.2, 0) is 9.53 Å². The Morgan fingerprint density at radius 1 is 0.543 bits per heavy atom. The van der Waals surface area contributed by atoms with E-state index in [2.05, 4.69) is 59.2 Å². The molecule has 2 nitrogen and oxygen atoms in total. The third kappa shape index (κ3) is 4.68. The first-order valence-electron chi connectivity index (χ1n) is 12.5. The molecule has 0 spiro atoms. The lowest BCUT2D eigenvalue weighted by molar-refractivity contribution is -0.170. The molecule has 35 heavy (non-hydrogen) atoms. The molecule has 0 saturated carbocycles. The van der Waals surface area contributed by atoms with Gasteiger partial charge in [-0.1, -0.05) is 54.7 Å². The van der Waals surface area contributed by atoms with Gasteiger partial charge in [0.2, 0.25) is 0 Å². The molecule has 1 atom stereocenters. The van der Waals surface area contributed by atoms with Crippen LogP contribution in [0.2, 0.25) is 0 Å². The van der Waals surface area contributed by atoms with Crippen molar-refractivity contribution in [1.29, 1.82) is 0 Å². The lowest BCUT2D eigenvalue weighted by Gasteiger charge is -2.64. The summed E-state index contributed by atoms with van der Waals surface area (Å²) in [6, 6.07) is 0. The van der Waals surface area contributed by atoms with Gasteiger partial charge in [0.05, 0.1) is 5.41 Å². The lowest BCUT2D eigenvalue weighted by Crippen LogP contribution is -2.62. The second-order valence-electron chi connectivity index (χ2n) is 9.76. The molecular weight excluding hydrogens is 428 g/mol. The Bertz CT molecular complexity index is 799. The van der Waals surface area contributed by atoms with Gasteiger partial charge in [-0.15, -0.1) is 59.2 Å². The summed E-state index contributed by atoms with van der Waals surface area (Å²) in [5.41, 5.74) is -2.65. The third-order valence-corrected chi connectivity index (χ3v) is 8.40. The number of cyclic esters (lactones) is 1. The van der Waals surface area contributed by atoms with E-state index in [0.717, 1.165) is 0 Å². The minimum atomic E-state index is -0.936. The molecule has 2 heteroatoms. The maximum absolute atomic E-state index is 14.4. The SMILES string of the molecule is C=CCC1OC(=O)C(CC=C)(CC=C)C(CC=C)(CC=C)C(CC=C)(CC=C)C1(CC=C)CC=C. The number of allylic oxidation sites excluding steroid dienone is 8. The summed E-state index contributed by atoms with van der Waals surface area (Å²) in [7, 11) is 0. The zero-order chi connectivity index (χ0) is 26.6. The van der Waals surface area contributed by atoms with Crippen molar-refractivity contribution in [2.75, 3.05) is 0 Å². The Labute approximate surface area is 214 Å². The number of ether oxygens (including phenoxy) is 1. The topological polar surface area (TPSA) is 26.3 Å². The third-order valence-electron chi connectivity index (χ3n) is 8.40. The van der Waals surface area contributed by atoms with E-state index in [1.165, 1.54) is 0 Å². The lowest BCUT2D eigenvalue weighted by atomic mass is 9.37. The van der Waals surface area contributed by atoms with Crippen LogP contribution in [0.3, 0.4) is 0 Å². The Balaban J connectivity index is 4.62. The second kappa shape index (κ2) is 13.3. The minimum absolute atomic E-state index is 0.236. The van der Waals surface area contributed by atoms with E-state index >= 15 is 0 Å². The van der Waals surface area contributed by atoms with E-state index in [0.29, 0.717) is 57.8 Å². The zero-order valence-electron chi connectivity index (χ0n) is 21.8. The van der Waals surface area contributed by atoms with Gasteiger partial charge in [0.25, 0.3) is 0 Å². The maximum Gasteiger partial charge on any atom is 0.313 e. The Hall–Kier alpha value is -2.87. The number of carbonyl (C=O) groups excluding carboxylic acids is 1. The van der Waals surface area contributed by atoms with Crippen LogP contribution in [0.5, 0.6) is 0 Å². The van der Waals surface area contributed by atoms with Gasteiger partial charge in [-0.3, -0.25) is 4.79 Å².